The van der Waals surface area contributed by atoms with Crippen LogP contribution in [0.15, 0.2) is 29.1 Å². The number of nitrogens with zero attached hydrogens (tertiary/aromatic N) is 3. The Hall–Kier alpha value is -1.62. The van der Waals surface area contributed by atoms with Crippen LogP contribution in [0.25, 0.3) is 0 Å². The summed E-state index contributed by atoms with van der Waals surface area (Å²) < 4.78 is 7.54. The van der Waals surface area contributed by atoms with Crippen LogP contribution in [0.1, 0.15) is 44.8 Å². The fraction of sp³-hybridized carbons (Fsp3) is 0.600. The van der Waals surface area contributed by atoms with Crippen molar-refractivity contribution < 1.29 is 4.42 Å². The molecule has 0 aliphatic heterocycles. The normalized spacial score (nSPS) is 13.0. The molecule has 1 N–H and O–H groups in total. The van der Waals surface area contributed by atoms with Gasteiger partial charge in [-0.25, -0.2) is 9.67 Å². The Morgan fingerprint density at radius 1 is 1.40 bits per heavy atom. The summed E-state index contributed by atoms with van der Waals surface area (Å²) in [5, 5.41) is 7.83. The fourth-order valence-corrected chi connectivity index (χ4v) is 2.21. The zero-order valence-corrected chi connectivity index (χ0v) is 12.5. The minimum absolute atomic E-state index is 0.153. The molecule has 0 saturated heterocycles. The van der Waals surface area contributed by atoms with E-state index < -0.39 is 0 Å². The van der Waals surface area contributed by atoms with Crippen molar-refractivity contribution in [1.82, 2.24) is 20.1 Å². The van der Waals surface area contributed by atoms with Crippen LogP contribution in [0, 0.1) is 5.92 Å². The molecule has 0 saturated carbocycles. The lowest BCUT2D eigenvalue weighted by Crippen LogP contribution is -2.25. The SMILES string of the molecule is CCCNC(Cc1ncnn1CC(C)C)c1ccco1. The van der Waals surface area contributed by atoms with Gasteiger partial charge in [-0.15, -0.1) is 0 Å². The van der Waals surface area contributed by atoms with Gasteiger partial charge in [-0.2, -0.15) is 5.10 Å². The van der Waals surface area contributed by atoms with Gasteiger partial charge in [0.05, 0.1) is 12.3 Å². The third kappa shape index (κ3) is 3.93. The highest BCUT2D eigenvalue weighted by atomic mass is 16.3. The Morgan fingerprint density at radius 3 is 2.90 bits per heavy atom. The van der Waals surface area contributed by atoms with Gasteiger partial charge in [0.2, 0.25) is 0 Å². The van der Waals surface area contributed by atoms with Gasteiger partial charge in [-0.05, 0) is 31.0 Å². The van der Waals surface area contributed by atoms with Crippen LogP contribution in [0.3, 0.4) is 0 Å². The summed E-state index contributed by atoms with van der Waals surface area (Å²) in [6, 6.07) is 4.09. The Bertz CT molecular complexity index is 490. The van der Waals surface area contributed by atoms with Crippen molar-refractivity contribution in [2.45, 2.75) is 46.2 Å². The highest BCUT2D eigenvalue weighted by Gasteiger charge is 2.18. The molecule has 0 fully saturated rings. The lowest BCUT2D eigenvalue weighted by Gasteiger charge is -2.17. The third-order valence-corrected chi connectivity index (χ3v) is 3.15. The van der Waals surface area contributed by atoms with E-state index in [1.165, 1.54) is 0 Å². The van der Waals surface area contributed by atoms with Gasteiger partial charge in [-0.1, -0.05) is 20.8 Å². The second-order valence-electron chi connectivity index (χ2n) is 5.48. The first kappa shape index (κ1) is 14.8. The van der Waals surface area contributed by atoms with E-state index in [1.807, 2.05) is 16.8 Å². The Morgan fingerprint density at radius 2 is 2.25 bits per heavy atom. The summed E-state index contributed by atoms with van der Waals surface area (Å²) in [7, 11) is 0. The zero-order chi connectivity index (χ0) is 14.4. The van der Waals surface area contributed by atoms with Gasteiger partial charge in [-0.3, -0.25) is 0 Å². The van der Waals surface area contributed by atoms with Gasteiger partial charge < -0.3 is 9.73 Å². The Kier molecular flexibility index (Phi) is 5.35. The molecule has 5 nitrogen and oxygen atoms in total. The van der Waals surface area contributed by atoms with Crippen LogP contribution in [0.2, 0.25) is 0 Å². The van der Waals surface area contributed by atoms with E-state index >= 15 is 0 Å². The molecule has 0 radical (unpaired) electrons. The third-order valence-electron chi connectivity index (χ3n) is 3.15. The minimum Gasteiger partial charge on any atom is -0.468 e. The monoisotopic (exact) mass is 276 g/mol. The molecule has 2 rings (SSSR count). The van der Waals surface area contributed by atoms with Crippen LogP contribution in [-0.2, 0) is 13.0 Å². The quantitative estimate of drug-likeness (QED) is 0.805. The molecule has 2 heterocycles. The van der Waals surface area contributed by atoms with E-state index in [-0.39, 0.29) is 6.04 Å². The molecule has 1 unspecified atom stereocenters. The summed E-state index contributed by atoms with van der Waals surface area (Å²) in [6.07, 6.45) is 5.24. The van der Waals surface area contributed by atoms with Crippen LogP contribution in [-0.4, -0.2) is 21.3 Å². The molecule has 0 amide bonds. The molecule has 2 aromatic heterocycles. The number of nitrogens with one attached hydrogen (secondary N) is 1. The lowest BCUT2D eigenvalue weighted by atomic mass is 10.1. The molecule has 110 valence electrons. The maximum absolute atomic E-state index is 5.54. The van der Waals surface area contributed by atoms with Crippen molar-refractivity contribution in [1.29, 1.82) is 0 Å². The van der Waals surface area contributed by atoms with Gasteiger partial charge in [0, 0.05) is 13.0 Å². The summed E-state index contributed by atoms with van der Waals surface area (Å²) in [4.78, 5) is 4.40. The molecule has 0 aliphatic carbocycles. The molecule has 1 atom stereocenters. The standard InChI is InChI=1S/C15H24N4O/c1-4-7-16-13(14-6-5-8-20-14)9-15-17-11-18-19(15)10-12(2)3/h5-6,8,11-13,16H,4,7,9-10H2,1-3H3. The number of hydrogen-bond acceptors (Lipinski definition) is 4. The first-order valence-corrected chi connectivity index (χ1v) is 7.34. The number of rotatable bonds is 8. The maximum Gasteiger partial charge on any atom is 0.138 e. The van der Waals surface area contributed by atoms with E-state index in [0.29, 0.717) is 5.92 Å². The number of hydrogen-bond donors (Lipinski definition) is 1. The summed E-state index contributed by atoms with van der Waals surface area (Å²) >= 11 is 0. The first-order valence-electron chi connectivity index (χ1n) is 7.34. The van der Waals surface area contributed by atoms with Crippen LogP contribution >= 0.6 is 0 Å². The number of aromatic nitrogens is 3. The van der Waals surface area contributed by atoms with E-state index in [4.69, 9.17) is 4.42 Å². The van der Waals surface area contributed by atoms with E-state index in [9.17, 15) is 0 Å². The topological polar surface area (TPSA) is 55.9 Å². The van der Waals surface area contributed by atoms with Crippen molar-refractivity contribution in [3.8, 4) is 0 Å². The van der Waals surface area contributed by atoms with Crippen molar-refractivity contribution in [3.05, 3.63) is 36.3 Å². The first-order chi connectivity index (χ1) is 9.70. The van der Waals surface area contributed by atoms with Gasteiger partial charge in [0.15, 0.2) is 0 Å². The van der Waals surface area contributed by atoms with E-state index in [0.717, 1.165) is 37.5 Å². The summed E-state index contributed by atoms with van der Waals surface area (Å²) in [5.41, 5.74) is 0. The van der Waals surface area contributed by atoms with Crippen molar-refractivity contribution in [2.24, 2.45) is 5.92 Å². The number of furan rings is 1. The molecule has 20 heavy (non-hydrogen) atoms. The predicted octanol–water partition coefficient (Wildman–Crippen LogP) is 2.81. The molecular weight excluding hydrogens is 252 g/mol. The zero-order valence-electron chi connectivity index (χ0n) is 12.5. The van der Waals surface area contributed by atoms with Gasteiger partial charge in [0.1, 0.15) is 17.9 Å². The average Bonchev–Trinajstić information content (AvgIpc) is 3.05. The Balaban J connectivity index is 2.09. The highest BCUT2D eigenvalue weighted by molar-refractivity contribution is 5.07. The molecule has 2 aromatic rings. The summed E-state index contributed by atoms with van der Waals surface area (Å²) in [5.74, 6) is 2.52. The van der Waals surface area contributed by atoms with Crippen LogP contribution < -0.4 is 5.32 Å². The molecular formula is C15H24N4O. The molecule has 0 bridgehead atoms. The van der Waals surface area contributed by atoms with Crippen molar-refractivity contribution in [2.75, 3.05) is 6.54 Å². The van der Waals surface area contributed by atoms with Crippen LogP contribution in [0.4, 0.5) is 0 Å². The van der Waals surface area contributed by atoms with Crippen LogP contribution in [0.5, 0.6) is 0 Å². The molecule has 0 aromatic carbocycles. The van der Waals surface area contributed by atoms with Gasteiger partial charge in [0.25, 0.3) is 0 Å². The lowest BCUT2D eigenvalue weighted by molar-refractivity contribution is 0.392. The largest absolute Gasteiger partial charge is 0.468 e. The molecule has 0 aliphatic rings. The molecule has 5 heteroatoms. The predicted molar refractivity (Wildman–Crippen MR) is 78.3 cm³/mol. The second kappa shape index (κ2) is 7.24. The highest BCUT2D eigenvalue weighted by Crippen LogP contribution is 2.18. The van der Waals surface area contributed by atoms with E-state index in [1.54, 1.807) is 12.6 Å². The second-order valence-corrected chi connectivity index (χ2v) is 5.48. The van der Waals surface area contributed by atoms with Crippen molar-refractivity contribution >= 4 is 0 Å². The Labute approximate surface area is 120 Å². The fourth-order valence-electron chi connectivity index (χ4n) is 2.21. The van der Waals surface area contributed by atoms with Gasteiger partial charge >= 0.3 is 0 Å². The maximum atomic E-state index is 5.54. The molecule has 0 spiro atoms. The average molecular weight is 276 g/mol. The van der Waals surface area contributed by atoms with Crippen molar-refractivity contribution in [3.63, 3.8) is 0 Å². The smallest absolute Gasteiger partial charge is 0.138 e. The minimum atomic E-state index is 0.153. The van der Waals surface area contributed by atoms with E-state index in [2.05, 4.69) is 36.2 Å². The summed E-state index contributed by atoms with van der Waals surface area (Å²) in [6.45, 7) is 8.39.